The molecule has 0 atom stereocenters. The molecular formula is C24H17N7O8. The highest BCUT2D eigenvalue weighted by atomic mass is 16.6. The number of hydrogen-bond donors (Lipinski definition) is 3. The summed E-state index contributed by atoms with van der Waals surface area (Å²) in [5.41, 5.74) is 0.959. The normalized spacial score (nSPS) is 10.4. The van der Waals surface area contributed by atoms with Gasteiger partial charge in [0.15, 0.2) is 0 Å². The van der Waals surface area contributed by atoms with Crippen molar-refractivity contribution in [2.75, 3.05) is 16.0 Å². The summed E-state index contributed by atoms with van der Waals surface area (Å²) in [5.74, 6) is 0. The minimum absolute atomic E-state index is 0.0997. The second kappa shape index (κ2) is 10.9. The first-order valence-corrected chi connectivity index (χ1v) is 11.0. The van der Waals surface area contributed by atoms with Crippen LogP contribution in [0.25, 0.3) is 0 Å². The lowest BCUT2D eigenvalue weighted by Crippen LogP contribution is -1.99. The summed E-state index contributed by atoms with van der Waals surface area (Å²) in [5, 5.41) is 53.4. The summed E-state index contributed by atoms with van der Waals surface area (Å²) in [4.78, 5) is 41.7. The molecule has 0 heterocycles. The Morgan fingerprint density at radius 2 is 0.718 bits per heavy atom. The average Bonchev–Trinajstić information content (AvgIpc) is 2.90. The van der Waals surface area contributed by atoms with Crippen LogP contribution in [-0.2, 0) is 0 Å². The standard InChI is InChI=1S/C24H17N7O8/c32-28(33)19-9-11-21(23(13-19)30(36)37)26-17-5-1-15(2-6-17)25-16-3-7-18(8-4-16)27-22-12-10-20(29(34)35)14-24(22)31(38)39/h1-14,25-27H. The molecule has 0 aliphatic heterocycles. The van der Waals surface area contributed by atoms with Gasteiger partial charge < -0.3 is 16.0 Å². The van der Waals surface area contributed by atoms with Crippen LogP contribution >= 0.6 is 0 Å². The molecule has 0 fully saturated rings. The third kappa shape index (κ3) is 6.18. The third-order valence-corrected chi connectivity index (χ3v) is 5.39. The first-order valence-electron chi connectivity index (χ1n) is 11.0. The fourth-order valence-corrected chi connectivity index (χ4v) is 3.53. The highest BCUT2D eigenvalue weighted by molar-refractivity contribution is 5.75. The van der Waals surface area contributed by atoms with Gasteiger partial charge in [-0.15, -0.1) is 0 Å². The van der Waals surface area contributed by atoms with Crippen LogP contribution in [0.4, 0.5) is 56.9 Å². The Kier molecular flexibility index (Phi) is 7.24. The van der Waals surface area contributed by atoms with Crippen molar-refractivity contribution in [3.05, 3.63) is 125 Å². The van der Waals surface area contributed by atoms with E-state index in [1.165, 1.54) is 24.3 Å². The fourth-order valence-electron chi connectivity index (χ4n) is 3.53. The minimum atomic E-state index is -0.709. The summed E-state index contributed by atoms with van der Waals surface area (Å²) in [7, 11) is 0. The molecule has 0 radical (unpaired) electrons. The predicted molar refractivity (Wildman–Crippen MR) is 142 cm³/mol. The lowest BCUT2D eigenvalue weighted by molar-refractivity contribution is -0.393. The monoisotopic (exact) mass is 531 g/mol. The van der Waals surface area contributed by atoms with Gasteiger partial charge in [0, 0.05) is 34.9 Å². The molecule has 4 aromatic rings. The second-order valence-electron chi connectivity index (χ2n) is 7.96. The molecule has 0 saturated carbocycles. The number of nitro benzene ring substituents is 4. The van der Waals surface area contributed by atoms with E-state index in [0.29, 0.717) is 22.7 Å². The van der Waals surface area contributed by atoms with Crippen LogP contribution in [0.1, 0.15) is 0 Å². The Morgan fingerprint density at radius 3 is 1.00 bits per heavy atom. The number of nitro groups is 4. The summed E-state index contributed by atoms with van der Waals surface area (Å²) in [6.07, 6.45) is 0. The van der Waals surface area contributed by atoms with E-state index in [9.17, 15) is 40.5 Å². The van der Waals surface area contributed by atoms with Crippen LogP contribution in [0.2, 0.25) is 0 Å². The summed E-state index contributed by atoms with van der Waals surface area (Å²) < 4.78 is 0. The van der Waals surface area contributed by atoms with E-state index in [4.69, 9.17) is 0 Å². The van der Waals surface area contributed by atoms with Crippen LogP contribution in [0, 0.1) is 40.5 Å². The van der Waals surface area contributed by atoms with Crippen LogP contribution < -0.4 is 16.0 Å². The number of hydrogen-bond acceptors (Lipinski definition) is 11. The van der Waals surface area contributed by atoms with E-state index in [2.05, 4.69) is 16.0 Å². The molecule has 15 heteroatoms. The maximum absolute atomic E-state index is 11.3. The molecule has 0 aromatic heterocycles. The van der Waals surface area contributed by atoms with E-state index < -0.39 is 31.1 Å². The molecular weight excluding hydrogens is 514 g/mol. The van der Waals surface area contributed by atoms with Gasteiger partial charge in [-0.1, -0.05) is 0 Å². The second-order valence-corrected chi connectivity index (χ2v) is 7.96. The Balaban J connectivity index is 1.43. The maximum atomic E-state index is 11.3. The molecule has 0 spiro atoms. The van der Waals surface area contributed by atoms with E-state index in [1.54, 1.807) is 48.5 Å². The summed E-state index contributed by atoms with van der Waals surface area (Å²) >= 11 is 0. The SMILES string of the molecule is O=[N+]([O-])c1ccc(Nc2ccc(Nc3ccc(Nc4ccc([N+](=O)[O-])cc4[N+](=O)[O-])cc3)cc2)c([N+](=O)[O-])c1. The molecule has 15 nitrogen and oxygen atoms in total. The Morgan fingerprint density at radius 1 is 0.410 bits per heavy atom. The Hall–Kier alpha value is -6.12. The highest BCUT2D eigenvalue weighted by Gasteiger charge is 2.20. The van der Waals surface area contributed by atoms with Crippen molar-refractivity contribution in [1.29, 1.82) is 0 Å². The first-order chi connectivity index (χ1) is 18.6. The van der Waals surface area contributed by atoms with Gasteiger partial charge in [0.05, 0.1) is 31.8 Å². The van der Waals surface area contributed by atoms with Gasteiger partial charge in [0.25, 0.3) is 22.7 Å². The molecule has 196 valence electrons. The number of anilines is 6. The average molecular weight is 531 g/mol. The fraction of sp³-hybridized carbons (Fsp3) is 0. The molecule has 39 heavy (non-hydrogen) atoms. The van der Waals surface area contributed by atoms with Crippen molar-refractivity contribution >= 4 is 56.9 Å². The smallest absolute Gasteiger partial charge is 0.299 e. The lowest BCUT2D eigenvalue weighted by Gasteiger charge is -2.11. The molecule has 3 N–H and O–H groups in total. The van der Waals surface area contributed by atoms with Gasteiger partial charge in [-0.2, -0.15) is 0 Å². The zero-order valence-corrected chi connectivity index (χ0v) is 19.6. The van der Waals surface area contributed by atoms with Crippen molar-refractivity contribution < 1.29 is 19.7 Å². The number of nitrogens with zero attached hydrogens (tertiary/aromatic N) is 4. The Bertz CT molecular complexity index is 1470. The van der Waals surface area contributed by atoms with Gasteiger partial charge in [-0.05, 0) is 60.7 Å². The van der Waals surface area contributed by atoms with Gasteiger partial charge in [-0.3, -0.25) is 40.5 Å². The van der Waals surface area contributed by atoms with Crippen molar-refractivity contribution in [2.24, 2.45) is 0 Å². The van der Waals surface area contributed by atoms with Crippen LogP contribution in [-0.4, -0.2) is 19.7 Å². The van der Waals surface area contributed by atoms with E-state index in [0.717, 1.165) is 12.1 Å². The largest absolute Gasteiger partial charge is 0.356 e. The molecule has 0 saturated heterocycles. The molecule has 4 aromatic carbocycles. The van der Waals surface area contributed by atoms with E-state index in [1.807, 2.05) is 0 Å². The molecule has 0 unspecified atom stereocenters. The quantitative estimate of drug-likeness (QED) is 0.147. The van der Waals surface area contributed by atoms with Gasteiger partial charge in [0.2, 0.25) is 0 Å². The predicted octanol–water partition coefficient (Wildman–Crippen LogP) is 6.55. The zero-order valence-electron chi connectivity index (χ0n) is 19.6. The van der Waals surface area contributed by atoms with Crippen LogP contribution in [0.3, 0.4) is 0 Å². The first kappa shape index (κ1) is 26.0. The molecule has 0 amide bonds. The molecule has 0 aliphatic rings. The lowest BCUT2D eigenvalue weighted by atomic mass is 10.2. The van der Waals surface area contributed by atoms with Crippen molar-refractivity contribution in [1.82, 2.24) is 0 Å². The highest BCUT2D eigenvalue weighted by Crippen LogP contribution is 2.33. The topological polar surface area (TPSA) is 209 Å². The van der Waals surface area contributed by atoms with Crippen molar-refractivity contribution in [3.63, 3.8) is 0 Å². The summed E-state index contributed by atoms with van der Waals surface area (Å²) in [6.45, 7) is 0. The van der Waals surface area contributed by atoms with Gasteiger partial charge in [0.1, 0.15) is 11.4 Å². The van der Waals surface area contributed by atoms with E-state index >= 15 is 0 Å². The molecule has 0 bridgehead atoms. The molecule has 0 aliphatic carbocycles. The zero-order chi connectivity index (χ0) is 28.1. The minimum Gasteiger partial charge on any atom is -0.356 e. The van der Waals surface area contributed by atoms with Crippen LogP contribution in [0.5, 0.6) is 0 Å². The number of non-ortho nitro benzene ring substituents is 2. The number of nitrogens with one attached hydrogen (secondary N) is 3. The van der Waals surface area contributed by atoms with Gasteiger partial charge in [-0.25, -0.2) is 0 Å². The van der Waals surface area contributed by atoms with Crippen LogP contribution in [0.15, 0.2) is 84.9 Å². The van der Waals surface area contributed by atoms with Crippen molar-refractivity contribution in [2.45, 2.75) is 0 Å². The van der Waals surface area contributed by atoms with Gasteiger partial charge >= 0.3 is 0 Å². The summed E-state index contributed by atoms with van der Waals surface area (Å²) in [6, 6.07) is 20.2. The Labute approximate surface area is 218 Å². The number of benzene rings is 4. The van der Waals surface area contributed by atoms with E-state index in [-0.39, 0.29) is 22.7 Å². The maximum Gasteiger partial charge on any atom is 0.299 e. The van der Waals surface area contributed by atoms with Crippen molar-refractivity contribution in [3.8, 4) is 0 Å². The molecule has 4 rings (SSSR count). The third-order valence-electron chi connectivity index (χ3n) is 5.39. The number of rotatable bonds is 10.